The normalized spacial score (nSPS) is 17.2. The lowest BCUT2D eigenvalue weighted by molar-refractivity contribution is -0.130. The zero-order valence-electron chi connectivity index (χ0n) is 18.5. The van der Waals surface area contributed by atoms with E-state index in [9.17, 15) is 9.59 Å². The molecule has 2 aromatic rings. The van der Waals surface area contributed by atoms with E-state index in [1.807, 2.05) is 31.9 Å². The van der Waals surface area contributed by atoms with E-state index in [1.54, 1.807) is 4.90 Å². The van der Waals surface area contributed by atoms with E-state index < -0.39 is 0 Å². The third-order valence-electron chi connectivity index (χ3n) is 5.67. The number of fused-ring (bicyclic) bond motifs is 1. The first-order chi connectivity index (χ1) is 13.5. The molecule has 2 amide bonds. The molecule has 1 unspecified atom stereocenters. The molecule has 2 aromatic heterocycles. The van der Waals surface area contributed by atoms with Gasteiger partial charge in [-0.25, -0.2) is 4.98 Å². The van der Waals surface area contributed by atoms with E-state index in [0.717, 1.165) is 42.7 Å². The molecule has 158 valence electrons. The molecule has 1 N–H and O–H groups in total. The molecule has 3 heterocycles. The van der Waals surface area contributed by atoms with Crippen LogP contribution >= 0.6 is 0 Å². The lowest BCUT2D eigenvalue weighted by Crippen LogP contribution is -2.34. The van der Waals surface area contributed by atoms with Crippen molar-refractivity contribution in [2.75, 3.05) is 26.7 Å². The van der Waals surface area contributed by atoms with Crippen LogP contribution in [0.4, 0.5) is 0 Å². The molecule has 1 atom stereocenters. The highest BCUT2D eigenvalue weighted by Crippen LogP contribution is 2.25. The zero-order valence-corrected chi connectivity index (χ0v) is 18.5. The number of nitrogens with zero attached hydrogens (tertiary/aromatic N) is 4. The number of aromatic nitrogens is 3. The summed E-state index contributed by atoms with van der Waals surface area (Å²) in [5.41, 5.74) is 3.01. The molecule has 29 heavy (non-hydrogen) atoms. The van der Waals surface area contributed by atoms with Gasteiger partial charge in [-0.2, -0.15) is 5.10 Å². The second-order valence-electron chi connectivity index (χ2n) is 9.60. The Hall–Kier alpha value is -2.44. The molecule has 7 nitrogen and oxygen atoms in total. The molecule has 1 aliphatic heterocycles. The summed E-state index contributed by atoms with van der Waals surface area (Å²) in [6.45, 7) is 12.4. The molecule has 1 aliphatic rings. The number of pyridine rings is 1. The minimum absolute atomic E-state index is 0.0255. The third kappa shape index (κ3) is 4.95. The van der Waals surface area contributed by atoms with Gasteiger partial charge in [0.05, 0.1) is 10.9 Å². The molecule has 0 spiro atoms. The molecule has 1 fully saturated rings. The SMILES string of the molecule is Cc1cc(C(=O)N(C)CC2CCN(C(=O)CCC(C)(C)C)C2)c2c(C)[nH]nc2n1. The van der Waals surface area contributed by atoms with Crippen molar-refractivity contribution < 1.29 is 9.59 Å². The molecule has 0 radical (unpaired) electrons. The average Bonchev–Trinajstić information content (AvgIpc) is 3.24. The Labute approximate surface area is 172 Å². The van der Waals surface area contributed by atoms with Crippen molar-refractivity contribution in [3.05, 3.63) is 23.0 Å². The summed E-state index contributed by atoms with van der Waals surface area (Å²) in [6.07, 6.45) is 2.43. The second kappa shape index (κ2) is 8.13. The number of hydrogen-bond donors (Lipinski definition) is 1. The number of likely N-dealkylation sites (tertiary alicyclic amines) is 1. The van der Waals surface area contributed by atoms with Crippen LogP contribution in [0, 0.1) is 25.2 Å². The minimum Gasteiger partial charge on any atom is -0.342 e. The molecular formula is C22H33N5O2. The maximum absolute atomic E-state index is 13.2. The molecule has 0 aliphatic carbocycles. The van der Waals surface area contributed by atoms with Gasteiger partial charge in [0.25, 0.3) is 5.91 Å². The van der Waals surface area contributed by atoms with Crippen LogP contribution in [-0.2, 0) is 4.79 Å². The topological polar surface area (TPSA) is 82.2 Å². The predicted molar refractivity (Wildman–Crippen MR) is 114 cm³/mol. The van der Waals surface area contributed by atoms with E-state index in [1.165, 1.54) is 0 Å². The summed E-state index contributed by atoms with van der Waals surface area (Å²) in [6, 6.07) is 1.83. The first-order valence-corrected chi connectivity index (χ1v) is 10.4. The molecule has 3 rings (SSSR count). The lowest BCUT2D eigenvalue weighted by Gasteiger charge is -2.23. The Kier molecular flexibility index (Phi) is 5.96. The van der Waals surface area contributed by atoms with Gasteiger partial charge in [-0.1, -0.05) is 20.8 Å². The summed E-state index contributed by atoms with van der Waals surface area (Å²) < 4.78 is 0. The van der Waals surface area contributed by atoms with Crippen molar-refractivity contribution in [2.45, 2.75) is 53.9 Å². The number of carbonyl (C=O) groups is 2. The van der Waals surface area contributed by atoms with E-state index in [4.69, 9.17) is 0 Å². The number of rotatable bonds is 5. The molecule has 0 aromatic carbocycles. The number of hydrogen-bond acceptors (Lipinski definition) is 4. The minimum atomic E-state index is -0.0255. The fourth-order valence-electron chi connectivity index (χ4n) is 3.99. The van der Waals surface area contributed by atoms with Crippen molar-refractivity contribution in [3.8, 4) is 0 Å². The fraction of sp³-hybridized carbons (Fsp3) is 0.636. The summed E-state index contributed by atoms with van der Waals surface area (Å²) in [4.78, 5) is 33.8. The molecule has 0 saturated carbocycles. The molecule has 0 bridgehead atoms. The van der Waals surface area contributed by atoms with Crippen molar-refractivity contribution in [2.24, 2.45) is 11.3 Å². The highest BCUT2D eigenvalue weighted by atomic mass is 16.2. The standard InChI is InChI=1S/C22H33N5O2/c1-14-11-17(19-15(2)24-25-20(19)23-14)21(29)26(6)12-16-8-10-27(13-16)18(28)7-9-22(3,4)5/h11,16H,7-10,12-13H2,1-6H3,(H,23,24,25). The number of aromatic amines is 1. The van der Waals surface area contributed by atoms with Crippen LogP contribution in [0.3, 0.4) is 0 Å². The number of amides is 2. The van der Waals surface area contributed by atoms with Gasteiger partial charge in [0.2, 0.25) is 5.91 Å². The fourth-order valence-corrected chi connectivity index (χ4v) is 3.99. The molecule has 7 heteroatoms. The summed E-state index contributed by atoms with van der Waals surface area (Å²) >= 11 is 0. The summed E-state index contributed by atoms with van der Waals surface area (Å²) in [5.74, 6) is 0.519. The smallest absolute Gasteiger partial charge is 0.254 e. The second-order valence-corrected chi connectivity index (χ2v) is 9.60. The van der Waals surface area contributed by atoms with Crippen molar-refractivity contribution >= 4 is 22.8 Å². The number of carbonyl (C=O) groups excluding carboxylic acids is 2. The van der Waals surface area contributed by atoms with Crippen LogP contribution in [0.15, 0.2) is 6.07 Å². The van der Waals surface area contributed by atoms with Crippen molar-refractivity contribution in [3.63, 3.8) is 0 Å². The number of H-pyrrole nitrogens is 1. The van der Waals surface area contributed by atoms with Crippen LogP contribution in [0.1, 0.15) is 61.8 Å². The number of nitrogens with one attached hydrogen (secondary N) is 1. The van der Waals surface area contributed by atoms with Gasteiger partial charge in [0, 0.05) is 44.5 Å². The Morgan fingerprint density at radius 3 is 2.72 bits per heavy atom. The van der Waals surface area contributed by atoms with Gasteiger partial charge in [-0.05, 0) is 44.1 Å². The lowest BCUT2D eigenvalue weighted by atomic mass is 9.90. The van der Waals surface area contributed by atoms with Gasteiger partial charge in [-0.3, -0.25) is 14.7 Å². The highest BCUT2D eigenvalue weighted by molar-refractivity contribution is 6.06. The first-order valence-electron chi connectivity index (χ1n) is 10.4. The van der Waals surface area contributed by atoms with Gasteiger partial charge in [0.1, 0.15) is 0 Å². The van der Waals surface area contributed by atoms with Gasteiger partial charge in [0.15, 0.2) is 5.65 Å². The Bertz CT molecular complexity index is 912. The number of aryl methyl sites for hydroxylation is 2. The van der Waals surface area contributed by atoms with Gasteiger partial charge >= 0.3 is 0 Å². The van der Waals surface area contributed by atoms with Crippen molar-refractivity contribution in [1.82, 2.24) is 25.0 Å². The average molecular weight is 400 g/mol. The summed E-state index contributed by atoms with van der Waals surface area (Å²) in [5, 5.41) is 7.91. The van der Waals surface area contributed by atoms with Crippen LogP contribution in [-0.4, -0.2) is 63.5 Å². The first kappa shape index (κ1) is 21.3. The summed E-state index contributed by atoms with van der Waals surface area (Å²) in [7, 11) is 1.84. The van der Waals surface area contributed by atoms with Crippen molar-refractivity contribution in [1.29, 1.82) is 0 Å². The van der Waals surface area contributed by atoms with Gasteiger partial charge < -0.3 is 9.80 Å². The highest BCUT2D eigenvalue weighted by Gasteiger charge is 2.29. The van der Waals surface area contributed by atoms with Crippen LogP contribution in [0.5, 0.6) is 0 Å². The van der Waals surface area contributed by atoms with Crippen LogP contribution < -0.4 is 0 Å². The van der Waals surface area contributed by atoms with E-state index in [2.05, 4.69) is 36.0 Å². The largest absolute Gasteiger partial charge is 0.342 e. The quantitative estimate of drug-likeness (QED) is 0.836. The van der Waals surface area contributed by atoms with E-state index in [0.29, 0.717) is 30.1 Å². The van der Waals surface area contributed by atoms with E-state index >= 15 is 0 Å². The molecular weight excluding hydrogens is 366 g/mol. The Balaban J connectivity index is 1.63. The van der Waals surface area contributed by atoms with E-state index in [-0.39, 0.29) is 17.2 Å². The zero-order chi connectivity index (χ0) is 21.3. The molecule has 1 saturated heterocycles. The van der Waals surface area contributed by atoms with Gasteiger partial charge in [-0.15, -0.1) is 0 Å². The maximum atomic E-state index is 13.2. The Morgan fingerprint density at radius 1 is 1.31 bits per heavy atom. The monoisotopic (exact) mass is 399 g/mol. The predicted octanol–water partition coefficient (Wildman–Crippen LogP) is 3.32. The Morgan fingerprint density at radius 2 is 2.03 bits per heavy atom. The van der Waals surface area contributed by atoms with Crippen LogP contribution in [0.25, 0.3) is 11.0 Å². The van der Waals surface area contributed by atoms with Crippen LogP contribution in [0.2, 0.25) is 0 Å². The maximum Gasteiger partial charge on any atom is 0.254 e. The third-order valence-corrected chi connectivity index (χ3v) is 5.67.